The maximum absolute atomic E-state index is 12.3. The first kappa shape index (κ1) is 11.7. The summed E-state index contributed by atoms with van der Waals surface area (Å²) in [5, 5.41) is 6.48. The van der Waals surface area contributed by atoms with E-state index in [4.69, 9.17) is 0 Å². The zero-order valence-corrected chi connectivity index (χ0v) is 10.8. The monoisotopic (exact) mass is 244 g/mol. The molecule has 0 spiro atoms. The van der Waals surface area contributed by atoms with Crippen molar-refractivity contribution in [2.45, 2.75) is 38.3 Å². The van der Waals surface area contributed by atoms with E-state index in [0.29, 0.717) is 12.0 Å². The van der Waals surface area contributed by atoms with E-state index in [1.165, 1.54) is 18.4 Å². The Morgan fingerprint density at radius 2 is 2.17 bits per heavy atom. The minimum absolute atomic E-state index is 0.126. The molecule has 0 aromatic heterocycles. The average molecular weight is 244 g/mol. The molecule has 1 heterocycles. The van der Waals surface area contributed by atoms with Gasteiger partial charge in [0.25, 0.3) is 0 Å². The molecule has 1 aromatic rings. The lowest BCUT2D eigenvalue weighted by molar-refractivity contribution is -0.124. The molecule has 1 aliphatic heterocycles. The van der Waals surface area contributed by atoms with Crippen molar-refractivity contribution in [2.24, 2.45) is 5.92 Å². The first-order chi connectivity index (χ1) is 8.75. The summed E-state index contributed by atoms with van der Waals surface area (Å²) >= 11 is 0. The fourth-order valence-electron chi connectivity index (χ4n) is 2.76. The van der Waals surface area contributed by atoms with Crippen LogP contribution in [0.5, 0.6) is 0 Å². The third kappa shape index (κ3) is 2.27. The quantitative estimate of drug-likeness (QED) is 0.851. The van der Waals surface area contributed by atoms with E-state index in [1.807, 2.05) is 12.1 Å². The van der Waals surface area contributed by atoms with E-state index in [0.717, 1.165) is 18.5 Å². The second-order valence-corrected chi connectivity index (χ2v) is 5.47. The topological polar surface area (TPSA) is 41.1 Å². The van der Waals surface area contributed by atoms with Gasteiger partial charge in [0, 0.05) is 12.6 Å². The van der Waals surface area contributed by atoms with E-state index in [9.17, 15) is 4.79 Å². The van der Waals surface area contributed by atoms with Crippen molar-refractivity contribution in [1.82, 2.24) is 10.6 Å². The Morgan fingerprint density at radius 1 is 1.39 bits per heavy atom. The van der Waals surface area contributed by atoms with E-state index >= 15 is 0 Å². The Hall–Kier alpha value is -1.35. The van der Waals surface area contributed by atoms with E-state index in [-0.39, 0.29) is 11.9 Å². The van der Waals surface area contributed by atoms with Crippen molar-refractivity contribution in [3.05, 3.63) is 35.4 Å². The average Bonchev–Trinajstić information content (AvgIpc) is 3.22. The van der Waals surface area contributed by atoms with Crippen LogP contribution in [0.25, 0.3) is 0 Å². The molecule has 1 fully saturated rings. The van der Waals surface area contributed by atoms with Gasteiger partial charge in [0.15, 0.2) is 0 Å². The minimum atomic E-state index is -0.170. The van der Waals surface area contributed by atoms with Crippen LogP contribution in [-0.4, -0.2) is 18.5 Å². The highest BCUT2D eigenvalue weighted by atomic mass is 16.2. The molecule has 1 saturated carbocycles. The molecule has 1 aromatic carbocycles. The van der Waals surface area contributed by atoms with Gasteiger partial charge >= 0.3 is 0 Å². The summed E-state index contributed by atoms with van der Waals surface area (Å²) in [6.07, 6.45) is 3.53. The highest BCUT2D eigenvalue weighted by Gasteiger charge is 2.32. The summed E-state index contributed by atoms with van der Waals surface area (Å²) in [7, 11) is 0. The summed E-state index contributed by atoms with van der Waals surface area (Å²) in [5.41, 5.74) is 2.44. The fraction of sp³-hybridized carbons (Fsp3) is 0.533. The number of rotatable bonds is 3. The van der Waals surface area contributed by atoms with Gasteiger partial charge in [0.2, 0.25) is 5.91 Å². The number of amides is 1. The maximum atomic E-state index is 12.3. The number of carbonyl (C=O) groups is 1. The molecule has 3 heteroatoms. The van der Waals surface area contributed by atoms with Crippen LogP contribution in [0.4, 0.5) is 0 Å². The molecule has 3 rings (SSSR count). The second kappa shape index (κ2) is 4.73. The molecular weight excluding hydrogens is 224 g/mol. The molecule has 0 saturated heterocycles. The third-order valence-electron chi connectivity index (χ3n) is 4.07. The van der Waals surface area contributed by atoms with Crippen LogP contribution in [-0.2, 0) is 11.2 Å². The fourth-order valence-corrected chi connectivity index (χ4v) is 2.76. The number of hydrogen-bond donors (Lipinski definition) is 2. The van der Waals surface area contributed by atoms with Crippen LogP contribution in [0.2, 0.25) is 0 Å². The van der Waals surface area contributed by atoms with Gasteiger partial charge in [-0.2, -0.15) is 0 Å². The molecule has 1 aliphatic carbocycles. The number of fused-ring (bicyclic) bond motifs is 1. The Morgan fingerprint density at radius 3 is 2.94 bits per heavy atom. The highest BCUT2D eigenvalue weighted by molar-refractivity contribution is 5.84. The van der Waals surface area contributed by atoms with Gasteiger partial charge < -0.3 is 10.6 Å². The third-order valence-corrected chi connectivity index (χ3v) is 4.07. The largest absolute Gasteiger partial charge is 0.352 e. The van der Waals surface area contributed by atoms with Crippen LogP contribution in [0.3, 0.4) is 0 Å². The Labute approximate surface area is 108 Å². The summed E-state index contributed by atoms with van der Waals surface area (Å²) in [6, 6.07) is 8.39. The molecular formula is C15H20N2O. The van der Waals surface area contributed by atoms with Gasteiger partial charge in [-0.1, -0.05) is 24.3 Å². The molecule has 2 atom stereocenters. The van der Waals surface area contributed by atoms with Crippen LogP contribution in [0.1, 0.15) is 36.9 Å². The molecule has 18 heavy (non-hydrogen) atoms. The van der Waals surface area contributed by atoms with E-state index in [2.05, 4.69) is 29.7 Å². The molecule has 0 radical (unpaired) electrons. The number of carbonyl (C=O) groups excluding carboxylic acids is 1. The lowest BCUT2D eigenvalue weighted by Gasteiger charge is -2.27. The van der Waals surface area contributed by atoms with E-state index in [1.54, 1.807) is 0 Å². The Kier molecular flexibility index (Phi) is 3.08. The zero-order chi connectivity index (χ0) is 12.5. The van der Waals surface area contributed by atoms with Crippen LogP contribution in [0.15, 0.2) is 24.3 Å². The minimum Gasteiger partial charge on any atom is -0.352 e. The molecule has 2 aliphatic rings. The highest BCUT2D eigenvalue weighted by Crippen LogP contribution is 2.32. The van der Waals surface area contributed by atoms with Crippen molar-refractivity contribution < 1.29 is 4.79 Å². The van der Waals surface area contributed by atoms with Crippen LogP contribution >= 0.6 is 0 Å². The molecule has 1 amide bonds. The van der Waals surface area contributed by atoms with Crippen molar-refractivity contribution in [1.29, 1.82) is 0 Å². The molecule has 2 N–H and O–H groups in total. The van der Waals surface area contributed by atoms with Gasteiger partial charge in [-0.15, -0.1) is 0 Å². The van der Waals surface area contributed by atoms with Crippen molar-refractivity contribution in [3.8, 4) is 0 Å². The predicted molar refractivity (Wildman–Crippen MR) is 71.2 cm³/mol. The summed E-state index contributed by atoms with van der Waals surface area (Å²) in [4.78, 5) is 12.3. The van der Waals surface area contributed by atoms with Gasteiger partial charge in [-0.25, -0.2) is 0 Å². The summed E-state index contributed by atoms with van der Waals surface area (Å²) < 4.78 is 0. The standard InChI is InChI=1S/C15H20N2O/c1-10(11-6-7-11)17-15(18)14-13-5-3-2-4-12(13)8-9-16-14/h2-5,10-11,14,16H,6-9H2,1H3,(H,17,18). The number of benzene rings is 1. The molecule has 3 nitrogen and oxygen atoms in total. The van der Waals surface area contributed by atoms with E-state index < -0.39 is 0 Å². The summed E-state index contributed by atoms with van der Waals surface area (Å²) in [5.74, 6) is 0.828. The van der Waals surface area contributed by atoms with Crippen molar-refractivity contribution in [3.63, 3.8) is 0 Å². The van der Waals surface area contributed by atoms with Crippen molar-refractivity contribution in [2.75, 3.05) is 6.54 Å². The van der Waals surface area contributed by atoms with Gasteiger partial charge in [0.1, 0.15) is 6.04 Å². The van der Waals surface area contributed by atoms with Gasteiger partial charge in [0.05, 0.1) is 0 Å². The number of nitrogens with one attached hydrogen (secondary N) is 2. The Bertz CT molecular complexity index is 454. The number of hydrogen-bond acceptors (Lipinski definition) is 2. The van der Waals surface area contributed by atoms with Crippen LogP contribution in [0, 0.1) is 5.92 Å². The first-order valence-corrected chi connectivity index (χ1v) is 6.87. The molecule has 0 bridgehead atoms. The van der Waals surface area contributed by atoms with Crippen LogP contribution < -0.4 is 10.6 Å². The summed E-state index contributed by atoms with van der Waals surface area (Å²) in [6.45, 7) is 3.00. The lowest BCUT2D eigenvalue weighted by Crippen LogP contribution is -2.44. The predicted octanol–water partition coefficient (Wildman–Crippen LogP) is 1.79. The second-order valence-electron chi connectivity index (χ2n) is 5.47. The van der Waals surface area contributed by atoms with Gasteiger partial charge in [-0.05, 0) is 43.2 Å². The van der Waals surface area contributed by atoms with Gasteiger partial charge in [-0.3, -0.25) is 4.79 Å². The first-order valence-electron chi connectivity index (χ1n) is 6.87. The smallest absolute Gasteiger partial charge is 0.241 e. The molecule has 96 valence electrons. The SMILES string of the molecule is CC(NC(=O)C1NCCc2ccccc21)C1CC1. The zero-order valence-electron chi connectivity index (χ0n) is 10.8. The lowest BCUT2D eigenvalue weighted by atomic mass is 9.93. The normalized spacial score (nSPS) is 24.2. The van der Waals surface area contributed by atoms with Crippen molar-refractivity contribution >= 4 is 5.91 Å². The molecule has 2 unspecified atom stereocenters. The Balaban J connectivity index is 1.74. The maximum Gasteiger partial charge on any atom is 0.241 e.